The van der Waals surface area contributed by atoms with Crippen molar-refractivity contribution >= 4 is 39.3 Å². The summed E-state index contributed by atoms with van der Waals surface area (Å²) >= 11 is 1.71. The fraction of sp³-hybridized carbons (Fsp3) is 0.500. The molecule has 0 bridgehead atoms. The van der Waals surface area contributed by atoms with Gasteiger partial charge in [-0.3, -0.25) is 9.79 Å². The van der Waals surface area contributed by atoms with Crippen LogP contribution >= 0.6 is 11.8 Å². The van der Waals surface area contributed by atoms with E-state index in [0.29, 0.717) is 6.04 Å². The predicted molar refractivity (Wildman–Crippen MR) is 110 cm³/mol. The number of para-hydroxylation sites is 1. The molecule has 0 radical (unpaired) electrons. The molecule has 1 aliphatic carbocycles. The van der Waals surface area contributed by atoms with E-state index in [-0.39, 0.29) is 17.9 Å². The number of fused-ring (bicyclic) bond motifs is 1. The van der Waals surface area contributed by atoms with Crippen LogP contribution in [0.5, 0.6) is 0 Å². The Labute approximate surface area is 158 Å². The average Bonchev–Trinajstić information content (AvgIpc) is 3.35. The fourth-order valence-corrected chi connectivity index (χ4v) is 5.20. The molecule has 4 N–H and O–H groups in total. The van der Waals surface area contributed by atoms with Gasteiger partial charge in [0.2, 0.25) is 5.91 Å². The second-order valence-corrected chi connectivity index (χ2v) is 8.32. The number of nitrogens with one attached hydrogen (secondary N) is 2. The van der Waals surface area contributed by atoms with Crippen molar-refractivity contribution in [1.29, 1.82) is 0 Å². The van der Waals surface area contributed by atoms with Gasteiger partial charge in [-0.25, -0.2) is 0 Å². The summed E-state index contributed by atoms with van der Waals surface area (Å²) in [6.45, 7) is 2.00. The minimum Gasteiger partial charge on any atom is -0.381 e. The first-order chi connectivity index (χ1) is 12.7. The number of aromatic nitrogens is 1. The lowest BCUT2D eigenvalue weighted by Crippen LogP contribution is -2.32. The molecular formula is C20H26N4OS. The van der Waals surface area contributed by atoms with E-state index in [1.807, 2.05) is 6.92 Å². The van der Waals surface area contributed by atoms with E-state index in [4.69, 9.17) is 10.7 Å². The van der Waals surface area contributed by atoms with Crippen molar-refractivity contribution in [3.8, 4) is 0 Å². The van der Waals surface area contributed by atoms with Gasteiger partial charge in [-0.15, -0.1) is 11.8 Å². The summed E-state index contributed by atoms with van der Waals surface area (Å²) in [6, 6.07) is 9.10. The number of amides is 1. The molecule has 2 aromatic rings. The molecule has 1 aromatic heterocycles. The summed E-state index contributed by atoms with van der Waals surface area (Å²) in [4.78, 5) is 20.0. The molecule has 1 fully saturated rings. The molecule has 1 amide bonds. The highest BCUT2D eigenvalue weighted by Gasteiger charge is 2.30. The molecule has 2 atom stereocenters. The smallest absolute Gasteiger partial charge is 0.222 e. The van der Waals surface area contributed by atoms with Gasteiger partial charge in [0.25, 0.3) is 0 Å². The molecule has 1 aliphatic heterocycles. The number of carbonyl (C=O) groups excluding carboxylic acids is 1. The number of anilines is 1. The van der Waals surface area contributed by atoms with Crippen molar-refractivity contribution in [2.75, 3.05) is 11.1 Å². The number of hydrogen-bond donors (Lipinski definition) is 3. The van der Waals surface area contributed by atoms with E-state index < -0.39 is 0 Å². The zero-order valence-corrected chi connectivity index (χ0v) is 15.9. The van der Waals surface area contributed by atoms with E-state index in [1.54, 1.807) is 11.8 Å². The highest BCUT2D eigenvalue weighted by molar-refractivity contribution is 8.14. The summed E-state index contributed by atoms with van der Waals surface area (Å²) in [5.74, 6) is 0.394. The van der Waals surface area contributed by atoms with Crippen LogP contribution in [-0.4, -0.2) is 33.8 Å². The van der Waals surface area contributed by atoms with E-state index in [1.165, 1.54) is 36.8 Å². The SMILES string of the molecule is CCC(C(N)=O)[C@@H]1CSC(c2cc3cccc(NC4CCCC4)c3[nH]2)=N1. The van der Waals surface area contributed by atoms with Gasteiger partial charge in [0, 0.05) is 17.2 Å². The Morgan fingerprint density at radius 3 is 2.96 bits per heavy atom. The van der Waals surface area contributed by atoms with Gasteiger partial charge in [0.15, 0.2) is 0 Å². The molecule has 1 saturated carbocycles. The van der Waals surface area contributed by atoms with Crippen LogP contribution < -0.4 is 11.1 Å². The van der Waals surface area contributed by atoms with Crippen LogP contribution in [0.15, 0.2) is 29.3 Å². The standard InChI is InChI=1S/C20H26N4OS/c1-2-14(19(21)25)17-11-26-20(24-17)16-10-12-6-5-9-15(18(12)23-16)22-13-7-3-4-8-13/h5-6,9-10,13-14,17,22-23H,2-4,7-8,11H2,1H3,(H2,21,25)/t14?,17-/m0/s1. The van der Waals surface area contributed by atoms with Crippen LogP contribution in [0.2, 0.25) is 0 Å². The van der Waals surface area contributed by atoms with Gasteiger partial charge < -0.3 is 16.0 Å². The third-order valence-corrected chi connectivity index (χ3v) is 6.65. The number of aromatic amines is 1. The van der Waals surface area contributed by atoms with Gasteiger partial charge in [-0.2, -0.15) is 0 Å². The number of rotatable bonds is 6. The Bertz CT molecular complexity index is 837. The second-order valence-electron chi connectivity index (χ2n) is 7.31. The topological polar surface area (TPSA) is 83.3 Å². The van der Waals surface area contributed by atoms with Crippen LogP contribution in [0, 0.1) is 5.92 Å². The van der Waals surface area contributed by atoms with Crippen LogP contribution in [0.1, 0.15) is 44.7 Å². The van der Waals surface area contributed by atoms with Crippen molar-refractivity contribution < 1.29 is 4.79 Å². The molecule has 1 unspecified atom stereocenters. The highest BCUT2D eigenvalue weighted by Crippen LogP contribution is 2.32. The largest absolute Gasteiger partial charge is 0.381 e. The summed E-state index contributed by atoms with van der Waals surface area (Å²) in [6.07, 6.45) is 5.87. The van der Waals surface area contributed by atoms with Gasteiger partial charge in [-0.05, 0) is 31.4 Å². The van der Waals surface area contributed by atoms with E-state index in [2.05, 4.69) is 34.6 Å². The minimum atomic E-state index is -0.247. The number of nitrogens with two attached hydrogens (primary N) is 1. The average molecular weight is 371 g/mol. The number of aliphatic imine (C=N–C) groups is 1. The zero-order chi connectivity index (χ0) is 18.1. The van der Waals surface area contributed by atoms with E-state index in [0.717, 1.165) is 28.4 Å². The fourth-order valence-electron chi connectivity index (χ4n) is 4.09. The van der Waals surface area contributed by atoms with E-state index in [9.17, 15) is 4.79 Å². The second kappa shape index (κ2) is 7.35. The number of H-pyrrole nitrogens is 1. The molecule has 0 saturated heterocycles. The Hall–Kier alpha value is -1.95. The van der Waals surface area contributed by atoms with Crippen molar-refractivity contribution in [2.45, 2.75) is 51.1 Å². The number of nitrogens with zero attached hydrogens (tertiary/aromatic N) is 1. The normalized spacial score (nSPS) is 21.9. The molecule has 6 heteroatoms. The minimum absolute atomic E-state index is 0.0139. The van der Waals surface area contributed by atoms with Crippen molar-refractivity contribution in [2.24, 2.45) is 16.6 Å². The maximum atomic E-state index is 11.6. The van der Waals surface area contributed by atoms with Gasteiger partial charge >= 0.3 is 0 Å². The van der Waals surface area contributed by atoms with Gasteiger partial charge in [0.05, 0.1) is 28.9 Å². The lowest BCUT2D eigenvalue weighted by atomic mass is 9.98. The van der Waals surface area contributed by atoms with Gasteiger partial charge in [0.1, 0.15) is 5.04 Å². The maximum Gasteiger partial charge on any atom is 0.222 e. The summed E-state index contributed by atoms with van der Waals surface area (Å²) in [5, 5.41) is 5.88. The number of primary amides is 1. The molecule has 26 heavy (non-hydrogen) atoms. The number of benzene rings is 1. The van der Waals surface area contributed by atoms with E-state index >= 15 is 0 Å². The molecule has 1 aromatic carbocycles. The molecular weight excluding hydrogens is 344 g/mol. The summed E-state index contributed by atoms with van der Waals surface area (Å²) in [7, 11) is 0. The van der Waals surface area contributed by atoms with Crippen LogP contribution in [-0.2, 0) is 4.79 Å². The Morgan fingerprint density at radius 2 is 2.23 bits per heavy atom. The Kier molecular flexibility index (Phi) is 4.94. The molecule has 4 rings (SSSR count). The Balaban J connectivity index is 1.60. The van der Waals surface area contributed by atoms with Crippen molar-refractivity contribution in [3.63, 3.8) is 0 Å². The first kappa shape index (κ1) is 17.5. The van der Waals surface area contributed by atoms with Gasteiger partial charge in [-0.1, -0.05) is 31.9 Å². The lowest BCUT2D eigenvalue weighted by Gasteiger charge is -2.14. The summed E-state index contributed by atoms with van der Waals surface area (Å²) < 4.78 is 0. The monoisotopic (exact) mass is 370 g/mol. The van der Waals surface area contributed by atoms with Crippen molar-refractivity contribution in [1.82, 2.24) is 4.98 Å². The third-order valence-electron chi connectivity index (χ3n) is 5.55. The number of carbonyl (C=O) groups is 1. The summed E-state index contributed by atoms with van der Waals surface area (Å²) in [5.41, 5.74) is 8.88. The molecule has 0 spiro atoms. The van der Waals surface area contributed by atoms with Crippen LogP contribution in [0.25, 0.3) is 10.9 Å². The molecule has 2 aliphatic rings. The first-order valence-electron chi connectivity index (χ1n) is 9.54. The first-order valence-corrected chi connectivity index (χ1v) is 10.5. The predicted octanol–water partition coefficient (Wildman–Crippen LogP) is 3.90. The molecule has 138 valence electrons. The number of thioether (sulfide) groups is 1. The quantitative estimate of drug-likeness (QED) is 0.721. The lowest BCUT2D eigenvalue weighted by molar-refractivity contribution is -0.122. The third kappa shape index (κ3) is 3.34. The van der Waals surface area contributed by atoms with Crippen LogP contribution in [0.4, 0.5) is 5.69 Å². The zero-order valence-electron chi connectivity index (χ0n) is 15.1. The van der Waals surface area contributed by atoms with Crippen LogP contribution in [0.3, 0.4) is 0 Å². The van der Waals surface area contributed by atoms with Crippen molar-refractivity contribution in [3.05, 3.63) is 30.0 Å². The molecule has 2 heterocycles. The number of hydrogen-bond acceptors (Lipinski definition) is 4. The highest BCUT2D eigenvalue weighted by atomic mass is 32.2. The molecule has 5 nitrogen and oxygen atoms in total. The maximum absolute atomic E-state index is 11.6. The Morgan fingerprint density at radius 1 is 1.42 bits per heavy atom.